The molecule has 2 unspecified atom stereocenters. The van der Waals surface area contributed by atoms with Crippen molar-refractivity contribution in [2.75, 3.05) is 13.1 Å². The van der Waals surface area contributed by atoms with Gasteiger partial charge in [-0.1, -0.05) is 13.8 Å². The van der Waals surface area contributed by atoms with Gasteiger partial charge >= 0.3 is 0 Å². The first-order valence-corrected chi connectivity index (χ1v) is 7.72. The van der Waals surface area contributed by atoms with Gasteiger partial charge in [-0.15, -0.1) is 0 Å². The topological polar surface area (TPSA) is 32.3 Å². The predicted molar refractivity (Wildman–Crippen MR) is 75.9 cm³/mol. The molecule has 1 aliphatic heterocycles. The maximum Gasteiger partial charge on any atom is 0.227 e. The smallest absolute Gasteiger partial charge is 0.227 e. The predicted octanol–water partition coefficient (Wildman–Crippen LogP) is 2.28. The zero-order valence-electron chi connectivity index (χ0n) is 11.2. The highest BCUT2D eigenvalue weighted by molar-refractivity contribution is 7.07. The van der Waals surface area contributed by atoms with Crippen LogP contribution in [-0.2, 0) is 11.2 Å². The van der Waals surface area contributed by atoms with E-state index < -0.39 is 0 Å². The molecule has 0 aliphatic carbocycles. The lowest BCUT2D eigenvalue weighted by Crippen LogP contribution is -2.58. The van der Waals surface area contributed by atoms with Crippen LogP contribution >= 0.6 is 11.3 Å². The van der Waals surface area contributed by atoms with Crippen LogP contribution in [-0.4, -0.2) is 36.0 Å². The molecule has 3 nitrogen and oxygen atoms in total. The highest BCUT2D eigenvalue weighted by Gasteiger charge is 2.29. The van der Waals surface area contributed by atoms with E-state index in [9.17, 15) is 4.79 Å². The molecule has 1 N–H and O–H groups in total. The zero-order chi connectivity index (χ0) is 13.0. The number of hydrogen-bond acceptors (Lipinski definition) is 3. The van der Waals surface area contributed by atoms with E-state index in [0.717, 1.165) is 31.5 Å². The van der Waals surface area contributed by atoms with Gasteiger partial charge in [0.1, 0.15) is 0 Å². The number of hydrogen-bond donors (Lipinski definition) is 1. The molecule has 100 valence electrons. The molecule has 18 heavy (non-hydrogen) atoms. The normalized spacial score (nSPS) is 24.2. The minimum Gasteiger partial charge on any atom is -0.337 e. The largest absolute Gasteiger partial charge is 0.337 e. The monoisotopic (exact) mass is 266 g/mol. The van der Waals surface area contributed by atoms with Gasteiger partial charge in [-0.05, 0) is 35.2 Å². The lowest BCUT2D eigenvalue weighted by Gasteiger charge is -2.40. The van der Waals surface area contributed by atoms with Crippen LogP contribution in [0, 0.1) is 0 Å². The summed E-state index contributed by atoms with van der Waals surface area (Å²) in [5.74, 6) is 0.278. The van der Waals surface area contributed by atoms with Gasteiger partial charge in [0.2, 0.25) is 5.91 Å². The average Bonchev–Trinajstić information content (AvgIpc) is 2.90. The fourth-order valence-electron chi connectivity index (χ4n) is 2.48. The van der Waals surface area contributed by atoms with Crippen molar-refractivity contribution in [1.82, 2.24) is 10.2 Å². The molecule has 0 bridgehead atoms. The Labute approximate surface area is 113 Å². The summed E-state index contributed by atoms with van der Waals surface area (Å²) in [6, 6.07) is 2.86. The van der Waals surface area contributed by atoms with Gasteiger partial charge in [0.15, 0.2) is 0 Å². The number of thiophene rings is 1. The second-order valence-corrected chi connectivity index (χ2v) is 5.71. The molecule has 4 heteroatoms. The second-order valence-electron chi connectivity index (χ2n) is 4.93. The molecule has 1 aromatic heterocycles. The lowest BCUT2D eigenvalue weighted by atomic mass is 10.0. The number of rotatable bonds is 4. The van der Waals surface area contributed by atoms with Gasteiger partial charge < -0.3 is 10.2 Å². The summed E-state index contributed by atoms with van der Waals surface area (Å²) in [4.78, 5) is 14.5. The molecule has 1 saturated heterocycles. The molecule has 1 aliphatic rings. The van der Waals surface area contributed by atoms with Crippen molar-refractivity contribution in [3.8, 4) is 0 Å². The standard InChI is InChI=1S/C14H22N2OS/c1-3-12-9-16(13(4-2)8-15-12)14(17)7-11-5-6-18-10-11/h5-6,10,12-13,15H,3-4,7-9H2,1-2H3. The maximum absolute atomic E-state index is 12.4. The minimum atomic E-state index is 0.278. The zero-order valence-corrected chi connectivity index (χ0v) is 12.0. The summed E-state index contributed by atoms with van der Waals surface area (Å²) in [5.41, 5.74) is 1.14. The molecule has 0 radical (unpaired) electrons. The third kappa shape index (κ3) is 3.12. The highest BCUT2D eigenvalue weighted by atomic mass is 32.1. The first-order valence-electron chi connectivity index (χ1n) is 6.78. The summed E-state index contributed by atoms with van der Waals surface area (Å²) in [6.45, 7) is 6.12. The number of carbonyl (C=O) groups excluding carboxylic acids is 1. The lowest BCUT2D eigenvalue weighted by molar-refractivity contribution is -0.134. The summed E-state index contributed by atoms with van der Waals surface area (Å²) in [5, 5.41) is 7.62. The Balaban J connectivity index is 2.00. The molecule has 0 aromatic carbocycles. The van der Waals surface area contributed by atoms with Crippen molar-refractivity contribution in [3.63, 3.8) is 0 Å². The number of amides is 1. The summed E-state index contributed by atoms with van der Waals surface area (Å²) in [7, 11) is 0. The summed E-state index contributed by atoms with van der Waals surface area (Å²) < 4.78 is 0. The molecule has 0 saturated carbocycles. The van der Waals surface area contributed by atoms with Crippen molar-refractivity contribution in [3.05, 3.63) is 22.4 Å². The van der Waals surface area contributed by atoms with E-state index in [1.807, 2.05) is 11.4 Å². The van der Waals surface area contributed by atoms with Gasteiger partial charge in [0.05, 0.1) is 6.42 Å². The van der Waals surface area contributed by atoms with Gasteiger partial charge in [0, 0.05) is 25.2 Å². The summed E-state index contributed by atoms with van der Waals surface area (Å²) in [6.07, 6.45) is 2.66. The van der Waals surface area contributed by atoms with E-state index in [1.54, 1.807) is 11.3 Å². The minimum absolute atomic E-state index is 0.278. The van der Waals surface area contributed by atoms with Crippen LogP contribution < -0.4 is 5.32 Å². The Hall–Kier alpha value is -0.870. The molecule has 0 spiro atoms. The quantitative estimate of drug-likeness (QED) is 0.907. The van der Waals surface area contributed by atoms with Gasteiger partial charge in [-0.2, -0.15) is 11.3 Å². The van der Waals surface area contributed by atoms with Crippen molar-refractivity contribution >= 4 is 17.2 Å². The van der Waals surface area contributed by atoms with Crippen LogP contribution in [0.3, 0.4) is 0 Å². The van der Waals surface area contributed by atoms with Gasteiger partial charge in [0.25, 0.3) is 0 Å². The number of carbonyl (C=O) groups is 1. The molecular weight excluding hydrogens is 244 g/mol. The van der Waals surface area contributed by atoms with E-state index in [2.05, 4.69) is 29.4 Å². The van der Waals surface area contributed by atoms with E-state index in [-0.39, 0.29) is 5.91 Å². The third-order valence-corrected chi connectivity index (χ3v) is 4.45. The van der Waals surface area contributed by atoms with Crippen molar-refractivity contribution < 1.29 is 4.79 Å². The first kappa shape index (κ1) is 13.6. The van der Waals surface area contributed by atoms with Crippen LogP contribution in [0.5, 0.6) is 0 Å². The molecule has 2 atom stereocenters. The van der Waals surface area contributed by atoms with Gasteiger partial charge in [-0.25, -0.2) is 0 Å². The summed E-state index contributed by atoms with van der Waals surface area (Å²) >= 11 is 1.66. The van der Waals surface area contributed by atoms with Crippen LogP contribution in [0.1, 0.15) is 32.3 Å². The van der Waals surface area contributed by atoms with E-state index in [4.69, 9.17) is 0 Å². The fourth-order valence-corrected chi connectivity index (χ4v) is 3.15. The third-order valence-electron chi connectivity index (χ3n) is 3.72. The maximum atomic E-state index is 12.4. The molecule has 2 heterocycles. The first-order chi connectivity index (χ1) is 8.74. The van der Waals surface area contributed by atoms with Gasteiger partial charge in [-0.3, -0.25) is 4.79 Å². The van der Waals surface area contributed by atoms with E-state index >= 15 is 0 Å². The number of piperazine rings is 1. The average molecular weight is 266 g/mol. The molecule has 2 rings (SSSR count). The van der Waals surface area contributed by atoms with Crippen LogP contribution in [0.2, 0.25) is 0 Å². The van der Waals surface area contributed by atoms with Crippen molar-refractivity contribution in [2.24, 2.45) is 0 Å². The SMILES string of the molecule is CCC1CN(C(=O)Cc2ccsc2)C(CC)CN1. The fraction of sp³-hybridized carbons (Fsp3) is 0.643. The molecule has 1 fully saturated rings. The van der Waals surface area contributed by atoms with Crippen molar-refractivity contribution in [1.29, 1.82) is 0 Å². The molecular formula is C14H22N2OS. The Morgan fingerprint density at radius 3 is 2.94 bits per heavy atom. The Bertz CT molecular complexity index is 377. The Kier molecular flexibility index (Phi) is 4.78. The number of nitrogens with one attached hydrogen (secondary N) is 1. The molecule has 1 amide bonds. The highest BCUT2D eigenvalue weighted by Crippen LogP contribution is 2.15. The second kappa shape index (κ2) is 6.34. The Morgan fingerprint density at radius 2 is 2.33 bits per heavy atom. The Morgan fingerprint density at radius 1 is 1.50 bits per heavy atom. The van der Waals surface area contributed by atoms with Crippen LogP contribution in [0.4, 0.5) is 0 Å². The van der Waals surface area contributed by atoms with E-state index in [0.29, 0.717) is 18.5 Å². The number of nitrogens with zero attached hydrogens (tertiary/aromatic N) is 1. The van der Waals surface area contributed by atoms with Crippen molar-refractivity contribution in [2.45, 2.75) is 45.2 Å². The van der Waals surface area contributed by atoms with Crippen LogP contribution in [0.25, 0.3) is 0 Å². The molecule has 1 aromatic rings. The van der Waals surface area contributed by atoms with Crippen LogP contribution in [0.15, 0.2) is 16.8 Å². The van der Waals surface area contributed by atoms with E-state index in [1.165, 1.54) is 0 Å².